The molecule has 338 valence electrons. The highest BCUT2D eigenvalue weighted by molar-refractivity contribution is 5.92. The van der Waals surface area contributed by atoms with Gasteiger partial charge in [0.25, 0.3) is 0 Å². The highest BCUT2D eigenvalue weighted by Crippen LogP contribution is 2.69. The Labute approximate surface area is 368 Å². The van der Waals surface area contributed by atoms with Crippen LogP contribution in [-0.4, -0.2) is 60.9 Å². The van der Waals surface area contributed by atoms with E-state index in [1.54, 1.807) is 0 Å². The van der Waals surface area contributed by atoms with Gasteiger partial charge in [-0.1, -0.05) is 51.0 Å². The predicted octanol–water partition coefficient (Wildman–Crippen LogP) is 9.34. The van der Waals surface area contributed by atoms with Crippen LogP contribution in [0, 0.1) is 69.0 Å². The second-order valence-corrected chi connectivity index (χ2v) is 21.7. The molecule has 0 aromatic carbocycles. The molecule has 6 saturated carbocycles. The summed E-state index contributed by atoms with van der Waals surface area (Å²) in [6.45, 7) is 12.2. The fraction of sp³-hybridized carbons (Fsp3) is 0.731. The molecule has 0 bridgehead atoms. The van der Waals surface area contributed by atoms with Crippen LogP contribution in [0.1, 0.15) is 144 Å². The molecular formula is C52H70O10. The van der Waals surface area contributed by atoms with Gasteiger partial charge in [0.1, 0.15) is 25.4 Å². The molecule has 10 nitrogen and oxygen atoms in total. The van der Waals surface area contributed by atoms with E-state index < -0.39 is 11.9 Å². The first-order chi connectivity index (χ1) is 29.5. The summed E-state index contributed by atoms with van der Waals surface area (Å²) >= 11 is 0. The van der Waals surface area contributed by atoms with Gasteiger partial charge in [-0.15, -0.1) is 0 Å². The van der Waals surface area contributed by atoms with Crippen LogP contribution in [0.3, 0.4) is 0 Å². The Morgan fingerprint density at radius 3 is 1.37 bits per heavy atom. The molecular weight excluding hydrogens is 785 g/mol. The average Bonchev–Trinajstić information content (AvgIpc) is 3.72. The van der Waals surface area contributed by atoms with E-state index in [9.17, 15) is 28.8 Å². The van der Waals surface area contributed by atoms with Gasteiger partial charge in [0.05, 0.1) is 0 Å². The Morgan fingerprint density at radius 2 is 0.984 bits per heavy atom. The second kappa shape index (κ2) is 17.3. The third-order valence-electron chi connectivity index (χ3n) is 18.7. The number of rotatable bonds is 11. The monoisotopic (exact) mass is 854 g/mol. The molecule has 8 aliphatic rings. The Balaban J connectivity index is 0.850. The van der Waals surface area contributed by atoms with Crippen molar-refractivity contribution in [3.05, 3.63) is 47.6 Å². The Hall–Kier alpha value is -3.82. The quantitative estimate of drug-likeness (QED) is 0.0855. The number of esters is 4. The van der Waals surface area contributed by atoms with Crippen molar-refractivity contribution in [2.45, 2.75) is 156 Å². The van der Waals surface area contributed by atoms with Crippen LogP contribution in [0.25, 0.3) is 0 Å². The van der Waals surface area contributed by atoms with Crippen molar-refractivity contribution in [3.63, 3.8) is 0 Å². The molecule has 0 unspecified atom stereocenters. The summed E-state index contributed by atoms with van der Waals surface area (Å²) in [5, 5.41) is 0. The molecule has 6 fully saturated rings. The normalized spacial score (nSPS) is 42.0. The SMILES string of the molecule is CC(=O)O[C@H]1CC[C@H]2[C@@H]3[C@H](C/C=C/C(=O)OCCOC(=O)/C=C/C[C@@H]4CC5=CC(=O)CC[C@]5(C)[C@H]5CC[C@]6(C)[C@@H](OC(C)=O)CC[C@H]6[C@H]45)CC4=CC(=O)CC[C@]4(C)[C@H]3CC[C@]12C. The molecule has 0 spiro atoms. The summed E-state index contributed by atoms with van der Waals surface area (Å²) in [7, 11) is 0. The van der Waals surface area contributed by atoms with E-state index in [0.717, 1.165) is 77.0 Å². The lowest BCUT2D eigenvalue weighted by atomic mass is 9.44. The fourth-order valence-electron chi connectivity index (χ4n) is 15.6. The molecule has 0 aromatic rings. The van der Waals surface area contributed by atoms with Crippen molar-refractivity contribution in [2.75, 3.05) is 13.2 Å². The first-order valence-corrected chi connectivity index (χ1v) is 23.9. The lowest BCUT2D eigenvalue weighted by Gasteiger charge is -2.60. The Bertz CT molecular complexity index is 1820. The van der Waals surface area contributed by atoms with Gasteiger partial charge < -0.3 is 18.9 Å². The third kappa shape index (κ3) is 8.12. The number of carbonyl (C=O) groups excluding carboxylic acids is 6. The van der Waals surface area contributed by atoms with Gasteiger partial charge in [0.15, 0.2) is 11.6 Å². The van der Waals surface area contributed by atoms with Gasteiger partial charge in [-0.25, -0.2) is 9.59 Å². The molecule has 0 N–H and O–H groups in total. The van der Waals surface area contributed by atoms with Crippen LogP contribution in [0.5, 0.6) is 0 Å². The number of hydrogen-bond acceptors (Lipinski definition) is 10. The van der Waals surface area contributed by atoms with Crippen molar-refractivity contribution >= 4 is 35.4 Å². The van der Waals surface area contributed by atoms with Crippen LogP contribution in [0.15, 0.2) is 47.6 Å². The summed E-state index contributed by atoms with van der Waals surface area (Å²) in [4.78, 5) is 75.1. The van der Waals surface area contributed by atoms with Crippen LogP contribution in [0.4, 0.5) is 0 Å². The number of allylic oxidation sites excluding steroid dienone is 4. The highest BCUT2D eigenvalue weighted by Gasteiger charge is 2.63. The summed E-state index contributed by atoms with van der Waals surface area (Å²) in [5.74, 6) is 2.00. The molecule has 0 saturated heterocycles. The molecule has 0 aromatic heterocycles. The van der Waals surface area contributed by atoms with Crippen LogP contribution >= 0.6 is 0 Å². The van der Waals surface area contributed by atoms with Crippen molar-refractivity contribution < 1.29 is 47.7 Å². The average molecular weight is 855 g/mol. The molecule has 14 atom stereocenters. The lowest BCUT2D eigenvalue weighted by molar-refractivity contribution is -0.159. The molecule has 62 heavy (non-hydrogen) atoms. The van der Waals surface area contributed by atoms with Crippen molar-refractivity contribution in [3.8, 4) is 0 Å². The van der Waals surface area contributed by atoms with E-state index in [-0.39, 0.29) is 82.4 Å². The largest absolute Gasteiger partial charge is 0.462 e. The Kier molecular flexibility index (Phi) is 12.5. The van der Waals surface area contributed by atoms with Gasteiger partial charge in [-0.3, -0.25) is 19.2 Å². The fourth-order valence-corrected chi connectivity index (χ4v) is 15.6. The molecule has 0 amide bonds. The van der Waals surface area contributed by atoms with Gasteiger partial charge in [0, 0.05) is 49.7 Å². The maximum absolute atomic E-state index is 12.9. The zero-order valence-corrected chi connectivity index (χ0v) is 38.0. The number of carbonyl (C=O) groups is 6. The zero-order chi connectivity index (χ0) is 44.2. The lowest BCUT2D eigenvalue weighted by Crippen LogP contribution is -2.54. The summed E-state index contributed by atoms with van der Waals surface area (Å²) in [6, 6.07) is 0. The summed E-state index contributed by atoms with van der Waals surface area (Å²) in [5.41, 5.74) is 2.34. The third-order valence-corrected chi connectivity index (χ3v) is 18.7. The van der Waals surface area contributed by atoms with Gasteiger partial charge in [-0.05, 0) is 160 Å². The van der Waals surface area contributed by atoms with Crippen LogP contribution in [-0.2, 0) is 47.7 Å². The van der Waals surface area contributed by atoms with Gasteiger partial charge >= 0.3 is 23.9 Å². The van der Waals surface area contributed by atoms with Gasteiger partial charge in [-0.2, -0.15) is 0 Å². The van der Waals surface area contributed by atoms with Crippen LogP contribution in [0.2, 0.25) is 0 Å². The van der Waals surface area contributed by atoms with Crippen molar-refractivity contribution in [1.82, 2.24) is 0 Å². The molecule has 8 rings (SSSR count). The Morgan fingerprint density at radius 1 is 0.581 bits per heavy atom. The summed E-state index contributed by atoms with van der Waals surface area (Å²) < 4.78 is 22.7. The number of hydrogen-bond donors (Lipinski definition) is 0. The minimum atomic E-state index is -0.484. The summed E-state index contributed by atoms with van der Waals surface area (Å²) in [6.07, 6.45) is 24.3. The van der Waals surface area contributed by atoms with E-state index in [1.165, 1.54) is 37.1 Å². The van der Waals surface area contributed by atoms with E-state index in [1.807, 2.05) is 24.3 Å². The number of ketones is 2. The van der Waals surface area contributed by atoms with E-state index >= 15 is 0 Å². The minimum absolute atomic E-state index is 0.00873. The van der Waals surface area contributed by atoms with Gasteiger partial charge in [0.2, 0.25) is 0 Å². The number of ether oxygens (including phenoxy) is 4. The van der Waals surface area contributed by atoms with Crippen molar-refractivity contribution in [2.24, 2.45) is 69.0 Å². The molecule has 0 heterocycles. The first-order valence-electron chi connectivity index (χ1n) is 23.9. The van der Waals surface area contributed by atoms with E-state index in [0.29, 0.717) is 61.2 Å². The molecule has 8 aliphatic carbocycles. The minimum Gasteiger partial charge on any atom is -0.462 e. The molecule has 10 heteroatoms. The topological polar surface area (TPSA) is 139 Å². The predicted molar refractivity (Wildman–Crippen MR) is 232 cm³/mol. The molecule has 0 radical (unpaired) electrons. The molecule has 0 aliphatic heterocycles. The van der Waals surface area contributed by atoms with E-state index in [2.05, 4.69) is 27.7 Å². The zero-order valence-electron chi connectivity index (χ0n) is 38.0. The highest BCUT2D eigenvalue weighted by atomic mass is 16.6. The first kappa shape index (κ1) is 44.8. The maximum atomic E-state index is 12.9. The van der Waals surface area contributed by atoms with Crippen molar-refractivity contribution in [1.29, 1.82) is 0 Å². The number of fused-ring (bicyclic) bond motifs is 10. The second-order valence-electron chi connectivity index (χ2n) is 21.7. The van der Waals surface area contributed by atoms with E-state index in [4.69, 9.17) is 18.9 Å². The van der Waals surface area contributed by atoms with Crippen LogP contribution < -0.4 is 0 Å². The standard InChI is InChI=1S/C52H70O10/c1-31(53)61-43-15-13-39-47-33(27-35-29-37(55)17-21-49(35,3)41(47)19-23-51(39,43)5)9-7-11-45(57)59-25-26-60-46(58)12-8-10-34-28-36-30-38(56)18-22-50(36,4)42-20-24-52(6)40(48(34)42)14-16-44(52)62-32(2)54/h7-8,11-12,29-30,33-34,39-44,47-48H,9-10,13-28H2,1-6H3/b11-7+,12-8+/t33-,34-,39+,40+,41+,42+,43+,44+,47+,48+,49+,50+,51+,52+/m1/s1. The maximum Gasteiger partial charge on any atom is 0.330 e. The smallest absolute Gasteiger partial charge is 0.330 e.